The topological polar surface area (TPSA) is 72.9 Å². The molecule has 2 saturated heterocycles. The third-order valence-corrected chi connectivity index (χ3v) is 6.02. The summed E-state index contributed by atoms with van der Waals surface area (Å²) < 4.78 is 0. The summed E-state index contributed by atoms with van der Waals surface area (Å²) in [4.78, 5) is 28.1. The number of rotatable bonds is 4. The highest BCUT2D eigenvalue weighted by molar-refractivity contribution is 6.30. The van der Waals surface area contributed by atoms with Crippen molar-refractivity contribution in [2.45, 2.75) is 50.7 Å². The van der Waals surface area contributed by atoms with E-state index in [2.05, 4.69) is 10.2 Å². The van der Waals surface area contributed by atoms with Crippen LogP contribution >= 0.6 is 11.6 Å². The van der Waals surface area contributed by atoms with Gasteiger partial charge in [0.15, 0.2) is 0 Å². The summed E-state index contributed by atoms with van der Waals surface area (Å²) in [6.07, 6.45) is 3.87. The number of aliphatic hydroxyl groups is 1. The molecule has 0 radical (unpaired) electrons. The zero-order valence-electron chi connectivity index (χ0n) is 16.5. The van der Waals surface area contributed by atoms with Gasteiger partial charge in [0.25, 0.3) is 5.91 Å². The molecule has 1 atom stereocenters. The Hall–Kier alpha value is -1.63. The Morgan fingerprint density at radius 3 is 2.64 bits per heavy atom. The first-order valence-electron chi connectivity index (χ1n) is 10.1. The predicted molar refractivity (Wildman–Crippen MR) is 109 cm³/mol. The lowest BCUT2D eigenvalue weighted by Gasteiger charge is -2.38. The molecular formula is C21H30ClN3O3. The fourth-order valence-electron chi connectivity index (χ4n) is 4.28. The van der Waals surface area contributed by atoms with Crippen LogP contribution in [0.1, 0.15) is 49.4 Å². The molecular weight excluding hydrogens is 378 g/mol. The van der Waals surface area contributed by atoms with E-state index < -0.39 is 5.60 Å². The van der Waals surface area contributed by atoms with E-state index in [1.807, 2.05) is 4.90 Å². The Morgan fingerprint density at radius 1 is 1.21 bits per heavy atom. The van der Waals surface area contributed by atoms with Gasteiger partial charge in [0.2, 0.25) is 5.91 Å². The van der Waals surface area contributed by atoms with Gasteiger partial charge in [-0.3, -0.25) is 9.59 Å². The molecule has 154 valence electrons. The molecule has 2 aliphatic rings. The third kappa shape index (κ3) is 5.69. The lowest BCUT2D eigenvalue weighted by atomic mass is 9.93. The van der Waals surface area contributed by atoms with Crippen LogP contribution in [-0.4, -0.2) is 71.1 Å². The number of likely N-dealkylation sites (tertiary alicyclic amines) is 2. The first kappa shape index (κ1) is 21.1. The fourth-order valence-corrected chi connectivity index (χ4v) is 4.47. The van der Waals surface area contributed by atoms with Gasteiger partial charge in [-0.15, -0.1) is 0 Å². The number of carbonyl (C=O) groups is 2. The zero-order valence-corrected chi connectivity index (χ0v) is 17.2. The van der Waals surface area contributed by atoms with Crippen molar-refractivity contribution in [1.29, 1.82) is 0 Å². The number of β-amino-alcohol motifs (C(OH)–C–C–N with tert-alkyl or cyclic N) is 1. The van der Waals surface area contributed by atoms with Gasteiger partial charge < -0.3 is 20.2 Å². The Kier molecular flexibility index (Phi) is 6.96. The van der Waals surface area contributed by atoms with Crippen LogP contribution in [0.5, 0.6) is 0 Å². The van der Waals surface area contributed by atoms with E-state index in [1.54, 1.807) is 31.2 Å². The van der Waals surface area contributed by atoms with Gasteiger partial charge in [-0.2, -0.15) is 0 Å². The van der Waals surface area contributed by atoms with Crippen molar-refractivity contribution in [2.75, 3.05) is 32.7 Å². The molecule has 1 aromatic rings. The first-order chi connectivity index (χ1) is 13.3. The minimum absolute atomic E-state index is 0.0188. The molecule has 0 spiro atoms. The van der Waals surface area contributed by atoms with E-state index in [1.165, 1.54) is 0 Å². The molecule has 1 unspecified atom stereocenters. The van der Waals surface area contributed by atoms with Crippen LogP contribution in [0.15, 0.2) is 24.3 Å². The molecule has 2 N–H and O–H groups in total. The van der Waals surface area contributed by atoms with Crippen molar-refractivity contribution in [3.8, 4) is 0 Å². The number of nitrogens with zero attached hydrogens (tertiary/aromatic N) is 2. The predicted octanol–water partition coefficient (Wildman–Crippen LogP) is 2.30. The minimum atomic E-state index is -0.774. The van der Waals surface area contributed by atoms with Gasteiger partial charge >= 0.3 is 0 Å². The molecule has 2 fully saturated rings. The van der Waals surface area contributed by atoms with E-state index in [0.717, 1.165) is 32.4 Å². The molecule has 2 amide bonds. The van der Waals surface area contributed by atoms with E-state index in [0.29, 0.717) is 43.1 Å². The molecule has 0 aromatic heterocycles. The average Bonchev–Trinajstić information content (AvgIpc) is 2.84. The van der Waals surface area contributed by atoms with Gasteiger partial charge in [-0.25, -0.2) is 0 Å². The summed E-state index contributed by atoms with van der Waals surface area (Å²) in [6.45, 7) is 5.12. The molecule has 2 aliphatic heterocycles. The van der Waals surface area contributed by atoms with Crippen LogP contribution in [0.2, 0.25) is 5.02 Å². The largest absolute Gasteiger partial charge is 0.388 e. The summed E-state index contributed by atoms with van der Waals surface area (Å²) in [5.74, 6) is -0.00631. The highest BCUT2D eigenvalue weighted by Gasteiger charge is 2.34. The Labute approximate surface area is 171 Å². The lowest BCUT2D eigenvalue weighted by Crippen LogP contribution is -2.50. The standard InChI is InChI=1S/C21H30ClN3O3/c1-16(26)23-19-6-11-24(12-7-19)15-21(28)8-3-10-25(13-9-21)20(27)17-4-2-5-18(22)14-17/h2,4-5,14,19,28H,3,6-13,15H2,1H3,(H,23,26). The van der Waals surface area contributed by atoms with E-state index in [-0.39, 0.29) is 17.9 Å². The Balaban J connectivity index is 1.52. The number of nitrogens with one attached hydrogen (secondary N) is 1. The van der Waals surface area contributed by atoms with Gasteiger partial charge in [0.1, 0.15) is 0 Å². The summed E-state index contributed by atoms with van der Waals surface area (Å²) in [6, 6.07) is 7.26. The number of amides is 2. The number of halogens is 1. The Bertz CT molecular complexity index is 706. The second-order valence-electron chi connectivity index (χ2n) is 8.13. The summed E-state index contributed by atoms with van der Waals surface area (Å²) >= 11 is 6.01. The smallest absolute Gasteiger partial charge is 0.253 e. The molecule has 28 heavy (non-hydrogen) atoms. The Morgan fingerprint density at radius 2 is 1.96 bits per heavy atom. The van der Waals surface area contributed by atoms with Crippen molar-refractivity contribution in [3.63, 3.8) is 0 Å². The van der Waals surface area contributed by atoms with E-state index in [4.69, 9.17) is 11.6 Å². The maximum atomic E-state index is 12.8. The van der Waals surface area contributed by atoms with Gasteiger partial charge in [-0.05, 0) is 50.3 Å². The van der Waals surface area contributed by atoms with Crippen LogP contribution in [-0.2, 0) is 4.79 Å². The van der Waals surface area contributed by atoms with Crippen LogP contribution in [0, 0.1) is 0 Å². The number of piperidine rings is 1. The first-order valence-corrected chi connectivity index (χ1v) is 10.5. The van der Waals surface area contributed by atoms with Gasteiger partial charge in [-0.1, -0.05) is 17.7 Å². The molecule has 6 nitrogen and oxygen atoms in total. The van der Waals surface area contributed by atoms with Crippen LogP contribution in [0.4, 0.5) is 0 Å². The zero-order chi connectivity index (χ0) is 20.1. The average molecular weight is 408 g/mol. The maximum absolute atomic E-state index is 12.8. The number of hydrogen-bond donors (Lipinski definition) is 2. The van der Waals surface area contributed by atoms with Crippen molar-refractivity contribution in [1.82, 2.24) is 15.1 Å². The summed E-state index contributed by atoms with van der Waals surface area (Å²) in [7, 11) is 0. The maximum Gasteiger partial charge on any atom is 0.253 e. The molecule has 1 aromatic carbocycles. The van der Waals surface area contributed by atoms with Crippen molar-refractivity contribution in [2.24, 2.45) is 0 Å². The second kappa shape index (κ2) is 9.25. The third-order valence-electron chi connectivity index (χ3n) is 5.79. The van der Waals surface area contributed by atoms with Crippen LogP contribution in [0.25, 0.3) is 0 Å². The molecule has 7 heteroatoms. The van der Waals surface area contributed by atoms with Gasteiger partial charge in [0.05, 0.1) is 5.60 Å². The lowest BCUT2D eigenvalue weighted by molar-refractivity contribution is -0.120. The summed E-state index contributed by atoms with van der Waals surface area (Å²) in [5, 5.41) is 14.7. The normalized spacial score (nSPS) is 24.6. The van der Waals surface area contributed by atoms with Crippen molar-refractivity contribution in [3.05, 3.63) is 34.9 Å². The highest BCUT2D eigenvalue weighted by atomic mass is 35.5. The molecule has 0 aliphatic carbocycles. The molecule has 3 rings (SSSR count). The number of benzene rings is 1. The minimum Gasteiger partial charge on any atom is -0.388 e. The monoisotopic (exact) mass is 407 g/mol. The molecule has 0 saturated carbocycles. The molecule has 0 bridgehead atoms. The van der Waals surface area contributed by atoms with E-state index in [9.17, 15) is 14.7 Å². The van der Waals surface area contributed by atoms with Gasteiger partial charge in [0, 0.05) is 56.3 Å². The highest BCUT2D eigenvalue weighted by Crippen LogP contribution is 2.26. The fraction of sp³-hybridized carbons (Fsp3) is 0.619. The SMILES string of the molecule is CC(=O)NC1CCN(CC2(O)CCCN(C(=O)c3cccc(Cl)c3)CC2)CC1. The second-order valence-corrected chi connectivity index (χ2v) is 8.57. The molecule has 2 heterocycles. The van der Waals surface area contributed by atoms with Crippen LogP contribution < -0.4 is 5.32 Å². The van der Waals surface area contributed by atoms with Crippen LogP contribution in [0.3, 0.4) is 0 Å². The quantitative estimate of drug-likeness (QED) is 0.803. The number of hydrogen-bond acceptors (Lipinski definition) is 4. The van der Waals surface area contributed by atoms with Crippen molar-refractivity contribution >= 4 is 23.4 Å². The van der Waals surface area contributed by atoms with E-state index >= 15 is 0 Å². The van der Waals surface area contributed by atoms with Crippen molar-refractivity contribution < 1.29 is 14.7 Å². The number of carbonyl (C=O) groups excluding carboxylic acids is 2. The summed E-state index contributed by atoms with van der Waals surface area (Å²) in [5.41, 5.74) is -0.178.